The second-order valence-electron chi connectivity index (χ2n) is 11.8. The van der Waals surface area contributed by atoms with E-state index in [0.717, 1.165) is 19.3 Å². The molecule has 0 spiro atoms. The Hall–Kier alpha value is -1.89. The van der Waals surface area contributed by atoms with Crippen LogP contribution in [0.4, 0.5) is 0 Å². The number of hydrogen-bond donors (Lipinski definition) is 3. The van der Waals surface area contributed by atoms with E-state index in [0.29, 0.717) is 6.42 Å². The van der Waals surface area contributed by atoms with E-state index in [2.05, 4.69) is 19.1 Å². The smallest absolute Gasteiger partial charge is 0.362 e. The van der Waals surface area contributed by atoms with Crippen LogP contribution < -0.4 is 0 Å². The van der Waals surface area contributed by atoms with Crippen molar-refractivity contribution < 1.29 is 34.2 Å². The Morgan fingerprint density at radius 2 is 0.775 bits per heavy atom. The molecule has 0 bridgehead atoms. The first-order valence-electron chi connectivity index (χ1n) is 16.3. The molecule has 40 heavy (non-hydrogen) atoms. The summed E-state index contributed by atoms with van der Waals surface area (Å²) >= 11 is 0. The number of quaternary nitrogens is 1. The Morgan fingerprint density at radius 1 is 0.500 bits per heavy atom. The minimum atomic E-state index is -1.17. The summed E-state index contributed by atoms with van der Waals surface area (Å²) in [7, 11) is 0. The largest absolute Gasteiger partial charge is 0.477 e. The lowest BCUT2D eigenvalue weighted by Gasteiger charge is -2.47. The van der Waals surface area contributed by atoms with Crippen molar-refractivity contribution in [1.29, 1.82) is 0 Å². The molecular weight excluding hydrogens is 506 g/mol. The maximum atomic E-state index is 11.8. The predicted molar refractivity (Wildman–Crippen MR) is 164 cm³/mol. The fourth-order valence-corrected chi connectivity index (χ4v) is 5.90. The van der Waals surface area contributed by atoms with Crippen molar-refractivity contribution in [3.05, 3.63) is 12.2 Å². The molecule has 0 aromatic rings. The molecule has 0 heterocycles. The minimum Gasteiger partial charge on any atom is -0.477 e. The monoisotopic (exact) mass is 568 g/mol. The number of carbonyl (C=O) groups is 3. The third-order valence-electron chi connectivity index (χ3n) is 8.79. The number of unbranched alkanes of at least 4 members (excludes halogenated alkanes) is 18. The molecule has 0 aliphatic rings. The van der Waals surface area contributed by atoms with Gasteiger partial charge in [-0.2, -0.15) is 0 Å². The van der Waals surface area contributed by atoms with Gasteiger partial charge in [0, 0.05) is 0 Å². The summed E-state index contributed by atoms with van der Waals surface area (Å²) in [5.41, 5.74) is 0. The Balaban J connectivity index is 3.99. The Kier molecular flexibility index (Phi) is 22.7. The van der Waals surface area contributed by atoms with Gasteiger partial charge in [0.2, 0.25) is 0 Å². The maximum Gasteiger partial charge on any atom is 0.362 e. The lowest BCUT2D eigenvalue weighted by Crippen LogP contribution is -2.70. The van der Waals surface area contributed by atoms with E-state index in [-0.39, 0.29) is 6.54 Å². The number of hydrogen-bond acceptors (Lipinski definition) is 3. The summed E-state index contributed by atoms with van der Waals surface area (Å²) in [4.78, 5) is 35.5. The molecule has 3 unspecified atom stereocenters. The molecule has 0 fully saturated rings. The first-order chi connectivity index (χ1) is 19.1. The van der Waals surface area contributed by atoms with Crippen molar-refractivity contribution >= 4 is 17.9 Å². The molecule has 0 aromatic carbocycles. The van der Waals surface area contributed by atoms with Crippen LogP contribution in [0.5, 0.6) is 0 Å². The van der Waals surface area contributed by atoms with Crippen LogP contribution >= 0.6 is 0 Å². The van der Waals surface area contributed by atoms with Crippen molar-refractivity contribution in [2.75, 3.05) is 6.54 Å². The second kappa shape index (κ2) is 23.8. The van der Waals surface area contributed by atoms with Gasteiger partial charge in [-0.15, -0.1) is 0 Å². The van der Waals surface area contributed by atoms with Crippen molar-refractivity contribution in [1.82, 2.24) is 0 Å². The number of carboxylic acid groups (broad SMARTS) is 3. The summed E-state index contributed by atoms with van der Waals surface area (Å²) in [6.07, 6.45) is 29.2. The van der Waals surface area contributed by atoms with Crippen molar-refractivity contribution in [3.63, 3.8) is 0 Å². The summed E-state index contributed by atoms with van der Waals surface area (Å²) in [6.45, 7) is 6.77. The highest BCUT2D eigenvalue weighted by Gasteiger charge is 2.52. The van der Waals surface area contributed by atoms with Gasteiger partial charge in [-0.3, -0.25) is 4.48 Å². The average Bonchev–Trinajstić information content (AvgIpc) is 2.92. The van der Waals surface area contributed by atoms with Gasteiger partial charge in [-0.25, -0.2) is 14.4 Å². The molecular formula is C33H62NO6+. The van der Waals surface area contributed by atoms with Crippen LogP contribution in [0.2, 0.25) is 0 Å². The van der Waals surface area contributed by atoms with E-state index >= 15 is 0 Å². The minimum absolute atomic E-state index is 0.226. The normalized spacial score (nSPS) is 15.5. The highest BCUT2D eigenvalue weighted by molar-refractivity contribution is 5.77. The van der Waals surface area contributed by atoms with Gasteiger partial charge < -0.3 is 15.3 Å². The SMILES string of the molecule is CCCCCCCC/C=C/CCCCCCCCCCCCCC[N+](C(C)C(=O)O)(C(C)C(=O)O)C(C)C(=O)O. The summed E-state index contributed by atoms with van der Waals surface area (Å²) in [5, 5.41) is 29.0. The quantitative estimate of drug-likeness (QED) is 0.0495. The number of rotatable bonds is 28. The standard InChI is InChI=1S/C33H61NO6/c1-5-6-7-8-9-10-11-12-13-14-15-16-17-18-19-20-21-22-23-24-25-26-27-34(28(2)31(35)36,29(3)32(37)38)30(4)33(39)40/h12-13,28-30H,5-11,14-27H2,1-4H3,(H2-,35,36,37,38,39,40)/p+1/b13-12+. The molecule has 7 nitrogen and oxygen atoms in total. The second-order valence-corrected chi connectivity index (χ2v) is 11.8. The molecule has 0 amide bonds. The van der Waals surface area contributed by atoms with Gasteiger partial charge >= 0.3 is 17.9 Å². The molecule has 3 N–H and O–H groups in total. The Bertz CT molecular complexity index is 657. The van der Waals surface area contributed by atoms with Crippen LogP contribution in [-0.2, 0) is 14.4 Å². The van der Waals surface area contributed by atoms with Gasteiger partial charge in [0.15, 0.2) is 18.1 Å². The van der Waals surface area contributed by atoms with E-state index < -0.39 is 40.5 Å². The fourth-order valence-electron chi connectivity index (χ4n) is 5.90. The van der Waals surface area contributed by atoms with Gasteiger partial charge in [0.1, 0.15) is 0 Å². The van der Waals surface area contributed by atoms with Gasteiger partial charge in [-0.1, -0.05) is 109 Å². The summed E-state index contributed by atoms with van der Waals surface area (Å²) < 4.78 is -0.477. The first-order valence-corrected chi connectivity index (χ1v) is 16.3. The molecule has 0 rings (SSSR count). The van der Waals surface area contributed by atoms with Crippen molar-refractivity contribution in [2.24, 2.45) is 0 Å². The lowest BCUT2D eigenvalue weighted by molar-refractivity contribution is -0.968. The highest BCUT2D eigenvalue weighted by atomic mass is 16.4. The van der Waals surface area contributed by atoms with Crippen LogP contribution in [0.15, 0.2) is 12.2 Å². The molecule has 3 atom stereocenters. The Morgan fingerprint density at radius 3 is 1.07 bits per heavy atom. The molecule has 7 heteroatoms. The van der Waals surface area contributed by atoms with E-state index in [1.54, 1.807) is 0 Å². The zero-order chi connectivity index (χ0) is 30.2. The number of nitrogens with zero attached hydrogens (tertiary/aromatic N) is 1. The van der Waals surface area contributed by atoms with E-state index in [1.165, 1.54) is 124 Å². The van der Waals surface area contributed by atoms with Crippen LogP contribution in [0.1, 0.15) is 156 Å². The summed E-state index contributed by atoms with van der Waals surface area (Å²) in [6, 6.07) is -3.37. The molecule has 0 aromatic heterocycles. The zero-order valence-corrected chi connectivity index (χ0v) is 26.2. The fraction of sp³-hybridized carbons (Fsp3) is 0.848. The first kappa shape index (κ1) is 38.1. The van der Waals surface area contributed by atoms with Crippen LogP contribution in [0.25, 0.3) is 0 Å². The van der Waals surface area contributed by atoms with E-state index in [1.807, 2.05) is 0 Å². The van der Waals surface area contributed by atoms with Gasteiger partial charge in [0.25, 0.3) is 0 Å². The topological polar surface area (TPSA) is 112 Å². The van der Waals surface area contributed by atoms with Crippen LogP contribution in [-0.4, -0.2) is 62.4 Å². The maximum absolute atomic E-state index is 11.8. The van der Waals surface area contributed by atoms with Gasteiger partial charge in [-0.05, 0) is 59.3 Å². The van der Waals surface area contributed by atoms with Gasteiger partial charge in [0.05, 0.1) is 6.54 Å². The predicted octanol–water partition coefficient (Wildman–Crippen LogP) is 8.60. The average molecular weight is 569 g/mol. The number of carboxylic acids is 3. The summed E-state index contributed by atoms with van der Waals surface area (Å²) in [5.74, 6) is -3.51. The zero-order valence-electron chi connectivity index (χ0n) is 26.2. The number of allylic oxidation sites excluding steroid dienone is 2. The third kappa shape index (κ3) is 15.8. The molecule has 0 aliphatic carbocycles. The molecule has 234 valence electrons. The third-order valence-corrected chi connectivity index (χ3v) is 8.79. The Labute approximate surface area is 245 Å². The van der Waals surface area contributed by atoms with Crippen molar-refractivity contribution in [2.45, 2.75) is 174 Å². The van der Waals surface area contributed by atoms with Crippen LogP contribution in [0, 0.1) is 0 Å². The van der Waals surface area contributed by atoms with Crippen molar-refractivity contribution in [3.8, 4) is 0 Å². The van der Waals surface area contributed by atoms with Crippen LogP contribution in [0.3, 0.4) is 0 Å². The molecule has 0 saturated carbocycles. The molecule has 0 saturated heterocycles. The highest BCUT2D eigenvalue weighted by Crippen LogP contribution is 2.27. The molecule has 0 radical (unpaired) electrons. The van der Waals surface area contributed by atoms with E-state index in [9.17, 15) is 29.7 Å². The lowest BCUT2D eigenvalue weighted by atomic mass is 10.00. The molecule has 0 aliphatic heterocycles. The number of aliphatic carboxylic acids is 3. The van der Waals surface area contributed by atoms with E-state index in [4.69, 9.17) is 0 Å².